The molecule has 1 N–H and O–H groups in total. The lowest BCUT2D eigenvalue weighted by molar-refractivity contribution is 0.306. The summed E-state index contributed by atoms with van der Waals surface area (Å²) in [4.78, 5) is 4.32. The molecule has 1 heterocycles. The summed E-state index contributed by atoms with van der Waals surface area (Å²) in [5.41, 5.74) is 1.04. The van der Waals surface area contributed by atoms with Crippen LogP contribution in [0.15, 0.2) is 48.7 Å². The van der Waals surface area contributed by atoms with Gasteiger partial charge >= 0.3 is 0 Å². The molecule has 2 aromatic rings. The molecule has 0 aliphatic carbocycles. The van der Waals surface area contributed by atoms with Gasteiger partial charge in [0.25, 0.3) is 0 Å². The number of hydrogen-bond donors (Lipinski definition) is 1. The van der Waals surface area contributed by atoms with Gasteiger partial charge in [0.05, 0.1) is 12.8 Å². The number of nitrogens with zero attached hydrogens (tertiary/aromatic N) is 1. The van der Waals surface area contributed by atoms with Crippen molar-refractivity contribution in [2.75, 3.05) is 20.3 Å². The topological polar surface area (TPSA) is 43.4 Å². The quantitative estimate of drug-likeness (QED) is 0.787. The molecule has 0 bridgehead atoms. The fourth-order valence-electron chi connectivity index (χ4n) is 1.85. The second kappa shape index (κ2) is 7.50. The van der Waals surface area contributed by atoms with Crippen LogP contribution in [-0.4, -0.2) is 25.2 Å². The highest BCUT2D eigenvalue weighted by Crippen LogP contribution is 2.16. The van der Waals surface area contributed by atoms with Gasteiger partial charge in [-0.1, -0.05) is 6.07 Å². The van der Waals surface area contributed by atoms with Crippen LogP contribution in [0.25, 0.3) is 0 Å². The molecule has 0 saturated heterocycles. The zero-order chi connectivity index (χ0) is 14.2. The smallest absolute Gasteiger partial charge is 0.119 e. The number of rotatable bonds is 7. The minimum absolute atomic E-state index is 0.218. The summed E-state index contributed by atoms with van der Waals surface area (Å²) in [5, 5.41) is 3.38. The van der Waals surface area contributed by atoms with Crippen LogP contribution >= 0.6 is 0 Å². The van der Waals surface area contributed by atoms with E-state index in [0.29, 0.717) is 6.61 Å². The Kier molecular flexibility index (Phi) is 5.38. The van der Waals surface area contributed by atoms with E-state index in [1.807, 2.05) is 42.5 Å². The average Bonchev–Trinajstić information content (AvgIpc) is 2.53. The monoisotopic (exact) mass is 272 g/mol. The molecule has 0 radical (unpaired) electrons. The van der Waals surface area contributed by atoms with Crippen LogP contribution in [0.4, 0.5) is 0 Å². The Morgan fingerprint density at radius 3 is 2.50 bits per heavy atom. The average molecular weight is 272 g/mol. The molecule has 0 spiro atoms. The van der Waals surface area contributed by atoms with Gasteiger partial charge in [0.15, 0.2) is 0 Å². The summed E-state index contributed by atoms with van der Waals surface area (Å²) in [5.74, 6) is 1.68. The van der Waals surface area contributed by atoms with E-state index in [-0.39, 0.29) is 6.04 Å². The van der Waals surface area contributed by atoms with Crippen molar-refractivity contribution >= 4 is 0 Å². The van der Waals surface area contributed by atoms with Gasteiger partial charge in [0.1, 0.15) is 18.1 Å². The fraction of sp³-hybridized carbons (Fsp3) is 0.312. The van der Waals surface area contributed by atoms with Crippen LogP contribution in [0.1, 0.15) is 18.7 Å². The second-order valence-corrected chi connectivity index (χ2v) is 4.45. The Bertz CT molecular complexity index is 500. The van der Waals surface area contributed by atoms with Gasteiger partial charge in [-0.3, -0.25) is 4.98 Å². The fourth-order valence-corrected chi connectivity index (χ4v) is 1.85. The van der Waals surface area contributed by atoms with E-state index in [1.54, 1.807) is 13.3 Å². The van der Waals surface area contributed by atoms with Crippen LogP contribution in [0.3, 0.4) is 0 Å². The molecular weight excluding hydrogens is 252 g/mol. The Labute approximate surface area is 119 Å². The molecule has 1 aromatic carbocycles. The largest absolute Gasteiger partial charge is 0.497 e. The molecule has 4 nitrogen and oxygen atoms in total. The molecule has 0 saturated carbocycles. The number of hydrogen-bond acceptors (Lipinski definition) is 4. The van der Waals surface area contributed by atoms with E-state index >= 15 is 0 Å². The first-order valence-electron chi connectivity index (χ1n) is 6.71. The predicted molar refractivity (Wildman–Crippen MR) is 79.1 cm³/mol. The van der Waals surface area contributed by atoms with Crippen LogP contribution in [0, 0.1) is 0 Å². The van der Waals surface area contributed by atoms with E-state index in [4.69, 9.17) is 9.47 Å². The van der Waals surface area contributed by atoms with Gasteiger partial charge in [-0.15, -0.1) is 0 Å². The van der Waals surface area contributed by atoms with Crippen molar-refractivity contribution < 1.29 is 9.47 Å². The van der Waals surface area contributed by atoms with Crippen LogP contribution in [-0.2, 0) is 0 Å². The Balaban J connectivity index is 1.70. The summed E-state index contributed by atoms with van der Waals surface area (Å²) in [7, 11) is 1.65. The van der Waals surface area contributed by atoms with Crippen LogP contribution in [0.5, 0.6) is 11.5 Å². The van der Waals surface area contributed by atoms with E-state index in [1.165, 1.54) is 0 Å². The minimum Gasteiger partial charge on any atom is -0.497 e. The minimum atomic E-state index is 0.218. The molecule has 0 fully saturated rings. The van der Waals surface area contributed by atoms with Crippen molar-refractivity contribution in [1.29, 1.82) is 0 Å². The molecule has 0 amide bonds. The summed E-state index contributed by atoms with van der Waals surface area (Å²) < 4.78 is 10.8. The highest BCUT2D eigenvalue weighted by molar-refractivity contribution is 5.31. The molecule has 20 heavy (non-hydrogen) atoms. The molecule has 106 valence electrons. The molecule has 1 aromatic heterocycles. The summed E-state index contributed by atoms with van der Waals surface area (Å²) in [6.07, 6.45) is 1.81. The number of benzene rings is 1. The van der Waals surface area contributed by atoms with Crippen molar-refractivity contribution in [1.82, 2.24) is 10.3 Å². The van der Waals surface area contributed by atoms with Crippen molar-refractivity contribution in [3.8, 4) is 11.5 Å². The zero-order valence-corrected chi connectivity index (χ0v) is 11.9. The van der Waals surface area contributed by atoms with Gasteiger partial charge in [0.2, 0.25) is 0 Å². The summed E-state index contributed by atoms with van der Waals surface area (Å²) in [6, 6.07) is 13.7. The van der Waals surface area contributed by atoms with Gasteiger partial charge < -0.3 is 14.8 Å². The van der Waals surface area contributed by atoms with Crippen LogP contribution < -0.4 is 14.8 Å². The van der Waals surface area contributed by atoms with Crippen molar-refractivity contribution in [2.45, 2.75) is 13.0 Å². The first-order valence-corrected chi connectivity index (χ1v) is 6.71. The molecule has 1 unspecified atom stereocenters. The lowest BCUT2D eigenvalue weighted by atomic mass is 10.2. The highest BCUT2D eigenvalue weighted by atomic mass is 16.5. The van der Waals surface area contributed by atoms with Gasteiger partial charge in [-0.05, 0) is 43.3 Å². The SMILES string of the molecule is COc1ccc(OCCNC(C)c2ccccn2)cc1. The third-order valence-electron chi connectivity index (χ3n) is 3.01. The maximum absolute atomic E-state index is 5.65. The number of ether oxygens (including phenoxy) is 2. The Morgan fingerprint density at radius 2 is 1.85 bits per heavy atom. The van der Waals surface area contributed by atoms with E-state index in [9.17, 15) is 0 Å². The maximum Gasteiger partial charge on any atom is 0.119 e. The first-order chi connectivity index (χ1) is 9.79. The van der Waals surface area contributed by atoms with Crippen molar-refractivity contribution in [3.05, 3.63) is 54.4 Å². The number of nitrogens with one attached hydrogen (secondary N) is 1. The van der Waals surface area contributed by atoms with Gasteiger partial charge in [-0.2, -0.15) is 0 Å². The molecular formula is C16H20N2O2. The maximum atomic E-state index is 5.65. The standard InChI is InChI=1S/C16H20N2O2/c1-13(16-5-3-4-10-18-16)17-11-12-20-15-8-6-14(19-2)7-9-15/h3-10,13,17H,11-12H2,1-2H3. The van der Waals surface area contributed by atoms with Gasteiger partial charge in [0, 0.05) is 18.8 Å². The van der Waals surface area contributed by atoms with Crippen molar-refractivity contribution in [3.63, 3.8) is 0 Å². The molecule has 1 atom stereocenters. The van der Waals surface area contributed by atoms with E-state index < -0.39 is 0 Å². The second-order valence-electron chi connectivity index (χ2n) is 4.45. The lowest BCUT2D eigenvalue weighted by Crippen LogP contribution is -2.24. The number of methoxy groups -OCH3 is 1. The first kappa shape index (κ1) is 14.3. The molecule has 0 aliphatic rings. The van der Waals surface area contributed by atoms with E-state index in [0.717, 1.165) is 23.7 Å². The third-order valence-corrected chi connectivity index (χ3v) is 3.01. The van der Waals surface area contributed by atoms with E-state index in [2.05, 4.69) is 17.2 Å². The summed E-state index contributed by atoms with van der Waals surface area (Å²) in [6.45, 7) is 3.48. The zero-order valence-electron chi connectivity index (χ0n) is 11.9. The van der Waals surface area contributed by atoms with Crippen molar-refractivity contribution in [2.24, 2.45) is 0 Å². The lowest BCUT2D eigenvalue weighted by Gasteiger charge is -2.13. The van der Waals surface area contributed by atoms with Crippen LogP contribution in [0.2, 0.25) is 0 Å². The molecule has 2 rings (SSSR count). The Hall–Kier alpha value is -2.07. The summed E-state index contributed by atoms with van der Waals surface area (Å²) >= 11 is 0. The number of pyridine rings is 1. The normalized spacial score (nSPS) is 11.9. The molecule has 4 heteroatoms. The van der Waals surface area contributed by atoms with Gasteiger partial charge in [-0.25, -0.2) is 0 Å². The molecule has 0 aliphatic heterocycles. The number of aromatic nitrogens is 1. The Morgan fingerprint density at radius 1 is 1.10 bits per heavy atom. The highest BCUT2D eigenvalue weighted by Gasteiger charge is 2.04. The predicted octanol–water partition coefficient (Wildman–Crippen LogP) is 2.82. The third kappa shape index (κ3) is 4.24.